The predicted octanol–water partition coefficient (Wildman–Crippen LogP) is 1.85. The van der Waals surface area contributed by atoms with E-state index in [1.165, 1.54) is 20.0 Å². The second kappa shape index (κ2) is 7.54. The van der Waals surface area contributed by atoms with Gasteiger partial charge >= 0.3 is 5.97 Å². The molecule has 1 unspecified atom stereocenters. The lowest BCUT2D eigenvalue weighted by Crippen LogP contribution is -2.41. The van der Waals surface area contributed by atoms with Gasteiger partial charge in [-0.05, 0) is 25.3 Å². The van der Waals surface area contributed by atoms with Crippen molar-refractivity contribution < 1.29 is 9.53 Å². The number of likely N-dealkylation sites (tertiary alicyclic amines) is 1. The average Bonchev–Trinajstić information content (AvgIpc) is 2.87. The van der Waals surface area contributed by atoms with Gasteiger partial charge in [0.15, 0.2) is 0 Å². The number of hydrogen-bond donors (Lipinski definition) is 0. The van der Waals surface area contributed by atoms with Crippen LogP contribution in [-0.4, -0.2) is 45.3 Å². The summed E-state index contributed by atoms with van der Waals surface area (Å²) in [7, 11) is 1.45. The highest BCUT2D eigenvalue weighted by molar-refractivity contribution is 5.69. The molecule has 1 saturated heterocycles. The summed E-state index contributed by atoms with van der Waals surface area (Å²) in [5.41, 5.74) is 0. The number of methoxy groups -OCH3 is 1. The molecule has 0 aromatic carbocycles. The van der Waals surface area contributed by atoms with Crippen LogP contribution in [0, 0.1) is 5.92 Å². The highest BCUT2D eigenvalue weighted by Gasteiger charge is 2.26. The molecule has 21 heavy (non-hydrogen) atoms. The van der Waals surface area contributed by atoms with Crippen molar-refractivity contribution in [2.75, 3.05) is 13.7 Å². The lowest BCUT2D eigenvalue weighted by atomic mass is 9.99. The van der Waals surface area contributed by atoms with E-state index >= 15 is 0 Å². The van der Waals surface area contributed by atoms with E-state index in [1.54, 1.807) is 6.33 Å². The normalized spacial score (nSPS) is 19.9. The van der Waals surface area contributed by atoms with Gasteiger partial charge in [0, 0.05) is 12.6 Å². The molecule has 0 N–H and O–H groups in total. The van der Waals surface area contributed by atoms with Crippen LogP contribution in [0.2, 0.25) is 0 Å². The highest BCUT2D eigenvalue weighted by atomic mass is 16.5. The standard InChI is InChI=1S/C15H26N4O2/c1-12(2)9-19-14(16-11-17-19)10-18-7-5-4-6-13(18)8-15(20)21-3/h11-13H,4-10H2,1-3H3. The van der Waals surface area contributed by atoms with E-state index in [2.05, 4.69) is 28.8 Å². The Hall–Kier alpha value is -1.43. The van der Waals surface area contributed by atoms with Crippen LogP contribution in [0.15, 0.2) is 6.33 Å². The molecule has 2 heterocycles. The maximum Gasteiger partial charge on any atom is 0.307 e. The zero-order chi connectivity index (χ0) is 15.2. The van der Waals surface area contributed by atoms with Gasteiger partial charge in [-0.3, -0.25) is 9.69 Å². The third-order valence-electron chi connectivity index (χ3n) is 3.96. The monoisotopic (exact) mass is 294 g/mol. The van der Waals surface area contributed by atoms with E-state index in [0.717, 1.165) is 31.9 Å². The minimum atomic E-state index is -0.129. The van der Waals surface area contributed by atoms with Crippen molar-refractivity contribution in [1.29, 1.82) is 0 Å². The first-order chi connectivity index (χ1) is 10.1. The van der Waals surface area contributed by atoms with Crippen molar-refractivity contribution in [3.8, 4) is 0 Å². The van der Waals surface area contributed by atoms with Crippen LogP contribution < -0.4 is 0 Å². The van der Waals surface area contributed by atoms with Crippen molar-refractivity contribution >= 4 is 5.97 Å². The molecule has 2 rings (SSSR count). The Morgan fingerprint density at radius 1 is 1.48 bits per heavy atom. The number of carbonyl (C=O) groups is 1. The predicted molar refractivity (Wildman–Crippen MR) is 79.5 cm³/mol. The first kappa shape index (κ1) is 15.9. The lowest BCUT2D eigenvalue weighted by molar-refractivity contribution is -0.142. The van der Waals surface area contributed by atoms with Gasteiger partial charge in [-0.2, -0.15) is 5.10 Å². The molecule has 1 aromatic heterocycles. The molecule has 1 aliphatic rings. The molecule has 0 radical (unpaired) electrons. The quantitative estimate of drug-likeness (QED) is 0.749. The van der Waals surface area contributed by atoms with Gasteiger partial charge in [0.25, 0.3) is 0 Å². The molecule has 0 spiro atoms. The summed E-state index contributed by atoms with van der Waals surface area (Å²) in [5, 5.41) is 4.31. The zero-order valence-corrected chi connectivity index (χ0v) is 13.3. The van der Waals surface area contributed by atoms with Gasteiger partial charge in [0.2, 0.25) is 0 Å². The Labute approximate surface area is 126 Å². The molecule has 1 atom stereocenters. The minimum absolute atomic E-state index is 0.129. The molecule has 0 bridgehead atoms. The molecule has 0 saturated carbocycles. The van der Waals surface area contributed by atoms with E-state index in [0.29, 0.717) is 12.3 Å². The Bertz CT molecular complexity index is 458. The van der Waals surface area contributed by atoms with Gasteiger partial charge in [-0.1, -0.05) is 20.3 Å². The smallest absolute Gasteiger partial charge is 0.307 e. The summed E-state index contributed by atoms with van der Waals surface area (Å²) in [6.07, 6.45) is 5.49. The molecule has 1 fully saturated rings. The number of hydrogen-bond acceptors (Lipinski definition) is 5. The fraction of sp³-hybridized carbons (Fsp3) is 0.800. The van der Waals surface area contributed by atoms with Gasteiger partial charge in [0.1, 0.15) is 12.2 Å². The van der Waals surface area contributed by atoms with Gasteiger partial charge < -0.3 is 4.74 Å². The Kier molecular flexibility index (Phi) is 5.73. The number of piperidine rings is 1. The van der Waals surface area contributed by atoms with Crippen LogP contribution in [0.4, 0.5) is 0 Å². The number of rotatable bonds is 6. The van der Waals surface area contributed by atoms with Crippen molar-refractivity contribution in [2.24, 2.45) is 5.92 Å². The summed E-state index contributed by atoms with van der Waals surface area (Å²) >= 11 is 0. The van der Waals surface area contributed by atoms with Crippen molar-refractivity contribution in [2.45, 2.75) is 58.7 Å². The molecule has 1 aromatic rings. The second-order valence-electron chi connectivity index (χ2n) is 6.15. The zero-order valence-electron chi connectivity index (χ0n) is 13.3. The Morgan fingerprint density at radius 3 is 3.00 bits per heavy atom. The van der Waals surface area contributed by atoms with Gasteiger partial charge in [0.05, 0.1) is 20.1 Å². The van der Waals surface area contributed by atoms with E-state index in [9.17, 15) is 4.79 Å². The molecule has 0 aliphatic carbocycles. The van der Waals surface area contributed by atoms with E-state index in [1.807, 2.05) is 4.68 Å². The van der Waals surface area contributed by atoms with Crippen molar-refractivity contribution in [3.05, 3.63) is 12.2 Å². The summed E-state index contributed by atoms with van der Waals surface area (Å²) in [6.45, 7) is 6.99. The van der Waals surface area contributed by atoms with Crippen LogP contribution in [-0.2, 0) is 22.6 Å². The summed E-state index contributed by atoms with van der Waals surface area (Å²) in [4.78, 5) is 18.3. The molecule has 6 nitrogen and oxygen atoms in total. The fourth-order valence-corrected chi connectivity index (χ4v) is 2.87. The Balaban J connectivity index is 2.01. The first-order valence-corrected chi connectivity index (χ1v) is 7.77. The third-order valence-corrected chi connectivity index (χ3v) is 3.96. The highest BCUT2D eigenvalue weighted by Crippen LogP contribution is 2.22. The topological polar surface area (TPSA) is 60.2 Å². The van der Waals surface area contributed by atoms with E-state index in [-0.39, 0.29) is 12.0 Å². The SMILES string of the molecule is COC(=O)CC1CCCCN1Cc1ncnn1CC(C)C. The summed E-state index contributed by atoms with van der Waals surface area (Å²) in [6, 6.07) is 0.260. The van der Waals surface area contributed by atoms with Gasteiger partial charge in [-0.15, -0.1) is 0 Å². The van der Waals surface area contributed by atoms with Crippen molar-refractivity contribution in [1.82, 2.24) is 19.7 Å². The van der Waals surface area contributed by atoms with E-state index in [4.69, 9.17) is 4.74 Å². The maximum absolute atomic E-state index is 11.6. The first-order valence-electron chi connectivity index (χ1n) is 7.77. The van der Waals surface area contributed by atoms with Crippen molar-refractivity contribution in [3.63, 3.8) is 0 Å². The van der Waals surface area contributed by atoms with Crippen LogP contribution in [0.3, 0.4) is 0 Å². The summed E-state index contributed by atoms with van der Waals surface area (Å²) in [5.74, 6) is 1.40. The summed E-state index contributed by atoms with van der Waals surface area (Å²) < 4.78 is 6.79. The minimum Gasteiger partial charge on any atom is -0.469 e. The van der Waals surface area contributed by atoms with Crippen LogP contribution in [0.25, 0.3) is 0 Å². The molecule has 1 aliphatic heterocycles. The van der Waals surface area contributed by atoms with Crippen LogP contribution in [0.1, 0.15) is 45.4 Å². The number of esters is 1. The third kappa shape index (κ3) is 4.52. The Morgan fingerprint density at radius 2 is 2.29 bits per heavy atom. The van der Waals surface area contributed by atoms with Crippen LogP contribution in [0.5, 0.6) is 0 Å². The molecular weight excluding hydrogens is 268 g/mol. The lowest BCUT2D eigenvalue weighted by Gasteiger charge is -2.34. The number of carbonyl (C=O) groups excluding carboxylic acids is 1. The number of ether oxygens (including phenoxy) is 1. The molecule has 118 valence electrons. The maximum atomic E-state index is 11.6. The fourth-order valence-electron chi connectivity index (χ4n) is 2.87. The second-order valence-corrected chi connectivity index (χ2v) is 6.15. The average molecular weight is 294 g/mol. The van der Waals surface area contributed by atoms with Crippen LogP contribution >= 0.6 is 0 Å². The number of nitrogens with zero attached hydrogens (tertiary/aromatic N) is 4. The molecule has 0 amide bonds. The number of aromatic nitrogens is 3. The molecular formula is C15H26N4O2. The van der Waals surface area contributed by atoms with E-state index < -0.39 is 0 Å². The molecule has 6 heteroatoms. The van der Waals surface area contributed by atoms with Gasteiger partial charge in [-0.25, -0.2) is 9.67 Å². The largest absolute Gasteiger partial charge is 0.469 e.